The van der Waals surface area contributed by atoms with E-state index in [1.54, 1.807) is 12.1 Å². The van der Waals surface area contributed by atoms with E-state index >= 15 is 0 Å². The topological polar surface area (TPSA) is 107 Å². The highest BCUT2D eigenvalue weighted by atomic mass is 32.2. The van der Waals surface area contributed by atoms with E-state index in [0.29, 0.717) is 0 Å². The smallest absolute Gasteiger partial charge is 0.335 e. The van der Waals surface area contributed by atoms with E-state index in [2.05, 4.69) is 4.72 Å². The number of sulfonamides is 1. The number of hydrogen-bond acceptors (Lipinski definition) is 4. The van der Waals surface area contributed by atoms with Gasteiger partial charge in [-0.3, -0.25) is 4.72 Å². The molecule has 0 saturated carbocycles. The van der Waals surface area contributed by atoms with Crippen molar-refractivity contribution in [2.45, 2.75) is 24.7 Å². The lowest BCUT2D eigenvalue weighted by Crippen LogP contribution is -2.14. The minimum atomic E-state index is -3.86. The number of rotatable bonds is 5. The first kappa shape index (κ1) is 16.8. The third-order valence-corrected chi connectivity index (χ3v) is 4.72. The second kappa shape index (κ2) is 6.29. The number of anilines is 1. The summed E-state index contributed by atoms with van der Waals surface area (Å²) in [6.45, 7) is 4.00. The van der Waals surface area contributed by atoms with Crippen LogP contribution in [0.2, 0.25) is 0 Å². The van der Waals surface area contributed by atoms with Crippen molar-refractivity contribution in [2.24, 2.45) is 0 Å². The second-order valence-electron chi connectivity index (χ2n) is 5.35. The van der Waals surface area contributed by atoms with Gasteiger partial charge in [-0.2, -0.15) is 0 Å². The molecule has 0 saturated heterocycles. The van der Waals surface area contributed by atoms with Gasteiger partial charge < -0.3 is 10.2 Å². The van der Waals surface area contributed by atoms with E-state index in [1.165, 1.54) is 18.2 Å². The van der Waals surface area contributed by atoms with Crippen LogP contribution in [-0.4, -0.2) is 19.5 Å². The van der Waals surface area contributed by atoms with Crippen LogP contribution < -0.4 is 9.83 Å². The highest BCUT2D eigenvalue weighted by Crippen LogP contribution is 2.23. The molecule has 0 atom stereocenters. The number of nitrogens with one attached hydrogen (secondary N) is 1. The van der Waals surface area contributed by atoms with Crippen LogP contribution in [0.3, 0.4) is 0 Å². The van der Waals surface area contributed by atoms with Crippen molar-refractivity contribution in [3.8, 4) is 5.75 Å². The maximum Gasteiger partial charge on any atom is 0.335 e. The Kier molecular flexibility index (Phi) is 4.60. The summed E-state index contributed by atoms with van der Waals surface area (Å²) < 4.78 is 26.9. The van der Waals surface area contributed by atoms with Crippen molar-refractivity contribution in [1.82, 2.24) is 0 Å². The maximum absolute atomic E-state index is 12.3. The number of aromatic carboxylic acids is 1. The van der Waals surface area contributed by atoms with Gasteiger partial charge in [0, 0.05) is 5.69 Å². The van der Waals surface area contributed by atoms with E-state index in [-0.39, 0.29) is 16.5 Å². The highest BCUT2D eigenvalue weighted by Gasteiger charge is 2.15. The van der Waals surface area contributed by atoms with Gasteiger partial charge in [-0.15, -0.1) is 0 Å². The van der Waals surface area contributed by atoms with Crippen LogP contribution in [0.1, 0.15) is 35.7 Å². The van der Waals surface area contributed by atoms with Crippen molar-refractivity contribution in [3.63, 3.8) is 0 Å². The fourth-order valence-corrected chi connectivity index (χ4v) is 3.06. The first-order chi connectivity index (χ1) is 10.7. The largest absolute Gasteiger partial charge is 0.872 e. The van der Waals surface area contributed by atoms with E-state index in [0.717, 1.165) is 17.7 Å². The molecule has 122 valence electrons. The lowest BCUT2D eigenvalue weighted by atomic mass is 10.0. The third-order valence-electron chi connectivity index (χ3n) is 3.32. The first-order valence-electron chi connectivity index (χ1n) is 6.88. The Balaban J connectivity index is 2.31. The summed E-state index contributed by atoms with van der Waals surface area (Å²) in [7, 11) is -3.86. The van der Waals surface area contributed by atoms with Crippen molar-refractivity contribution < 1.29 is 23.4 Å². The van der Waals surface area contributed by atoms with Crippen molar-refractivity contribution in [2.75, 3.05) is 4.72 Å². The van der Waals surface area contributed by atoms with Crippen LogP contribution in [0.25, 0.3) is 0 Å². The summed E-state index contributed by atoms with van der Waals surface area (Å²) in [5, 5.41) is 20.3. The molecule has 6 nitrogen and oxygen atoms in total. The fraction of sp³-hybridized carbons (Fsp3) is 0.188. The van der Waals surface area contributed by atoms with Crippen LogP contribution in [0.5, 0.6) is 5.75 Å². The highest BCUT2D eigenvalue weighted by molar-refractivity contribution is 7.92. The standard InChI is InChI=1S/C16H17NO5S/c1-10(2)11-3-6-13(7-4-11)23(21,22)17-12-5-8-15(18)14(9-12)16(19)20/h3-10,17-18H,1-2H3,(H,19,20)/p-1. The lowest BCUT2D eigenvalue weighted by Gasteiger charge is -2.14. The molecule has 0 aliphatic carbocycles. The summed E-state index contributed by atoms with van der Waals surface area (Å²) in [5.41, 5.74) is 0.545. The Morgan fingerprint density at radius 2 is 1.74 bits per heavy atom. The Morgan fingerprint density at radius 3 is 2.26 bits per heavy atom. The van der Waals surface area contributed by atoms with E-state index < -0.39 is 27.3 Å². The molecule has 0 radical (unpaired) electrons. The molecule has 0 aliphatic heterocycles. The number of benzene rings is 2. The molecular formula is C16H16NO5S-. The summed E-state index contributed by atoms with van der Waals surface area (Å²) >= 11 is 0. The molecule has 0 fully saturated rings. The predicted octanol–water partition coefficient (Wildman–Crippen LogP) is 2.38. The minimum Gasteiger partial charge on any atom is -0.872 e. The molecule has 2 rings (SSSR count). The molecule has 7 heteroatoms. The van der Waals surface area contributed by atoms with Crippen molar-refractivity contribution >= 4 is 21.7 Å². The Morgan fingerprint density at radius 1 is 1.13 bits per heavy atom. The SMILES string of the molecule is CC(C)c1ccc(S(=O)(=O)Nc2ccc([O-])c(C(=O)O)c2)cc1. The van der Waals surface area contributed by atoms with E-state index in [9.17, 15) is 18.3 Å². The molecule has 2 aromatic rings. The molecule has 0 unspecified atom stereocenters. The normalized spacial score (nSPS) is 11.4. The monoisotopic (exact) mass is 334 g/mol. The predicted molar refractivity (Wildman–Crippen MR) is 84.2 cm³/mol. The van der Waals surface area contributed by atoms with Crippen LogP contribution >= 0.6 is 0 Å². The molecule has 0 aliphatic rings. The van der Waals surface area contributed by atoms with Crippen molar-refractivity contribution in [3.05, 3.63) is 53.6 Å². The summed E-state index contributed by atoms with van der Waals surface area (Å²) in [6, 6.07) is 9.67. The number of hydrogen-bond donors (Lipinski definition) is 2. The maximum atomic E-state index is 12.3. The minimum absolute atomic E-state index is 0.0231. The third kappa shape index (κ3) is 3.81. The quantitative estimate of drug-likeness (QED) is 0.873. The zero-order chi connectivity index (χ0) is 17.2. The van der Waals surface area contributed by atoms with Crippen LogP contribution in [0.15, 0.2) is 47.4 Å². The molecule has 0 heterocycles. The van der Waals surface area contributed by atoms with Gasteiger partial charge in [-0.25, -0.2) is 13.2 Å². The average Bonchev–Trinajstić information content (AvgIpc) is 2.48. The summed E-state index contributed by atoms with van der Waals surface area (Å²) in [4.78, 5) is 11.0. The molecule has 0 amide bonds. The van der Waals surface area contributed by atoms with Gasteiger partial charge in [-0.05, 0) is 35.7 Å². The number of carboxylic acids is 1. The van der Waals surface area contributed by atoms with Gasteiger partial charge in [0.2, 0.25) is 0 Å². The van der Waals surface area contributed by atoms with E-state index in [1.807, 2.05) is 13.8 Å². The average molecular weight is 334 g/mol. The molecule has 0 aromatic heterocycles. The molecule has 2 aromatic carbocycles. The molecule has 0 bridgehead atoms. The van der Waals surface area contributed by atoms with Gasteiger partial charge in [0.15, 0.2) is 0 Å². The fourth-order valence-electron chi connectivity index (χ4n) is 2.01. The van der Waals surface area contributed by atoms with E-state index in [4.69, 9.17) is 5.11 Å². The van der Waals surface area contributed by atoms with Crippen molar-refractivity contribution in [1.29, 1.82) is 0 Å². The molecule has 2 N–H and O–H groups in total. The Bertz CT molecular complexity index is 826. The number of carboxylic acid groups (broad SMARTS) is 1. The Hall–Kier alpha value is -2.54. The Labute approximate surface area is 134 Å². The van der Waals surface area contributed by atoms with Gasteiger partial charge >= 0.3 is 5.97 Å². The molecule has 23 heavy (non-hydrogen) atoms. The zero-order valence-corrected chi connectivity index (χ0v) is 13.4. The first-order valence-corrected chi connectivity index (χ1v) is 8.36. The van der Waals surface area contributed by atoms with Crippen LogP contribution in [0.4, 0.5) is 5.69 Å². The molecule has 0 spiro atoms. The second-order valence-corrected chi connectivity index (χ2v) is 7.03. The van der Waals surface area contributed by atoms with Gasteiger partial charge in [0.05, 0.1) is 10.5 Å². The molecular weight excluding hydrogens is 318 g/mol. The van der Waals surface area contributed by atoms with Crippen LogP contribution in [0, 0.1) is 0 Å². The van der Waals surface area contributed by atoms with Gasteiger partial charge in [0.25, 0.3) is 10.0 Å². The number of carbonyl (C=O) groups is 1. The van der Waals surface area contributed by atoms with Crippen LogP contribution in [-0.2, 0) is 10.0 Å². The van der Waals surface area contributed by atoms with Gasteiger partial charge in [-0.1, -0.05) is 37.8 Å². The summed E-state index contributed by atoms with van der Waals surface area (Å²) in [6.07, 6.45) is 0. The zero-order valence-electron chi connectivity index (χ0n) is 12.6. The van der Waals surface area contributed by atoms with Gasteiger partial charge in [0.1, 0.15) is 0 Å². The summed E-state index contributed by atoms with van der Waals surface area (Å²) in [5.74, 6) is -1.80. The lowest BCUT2D eigenvalue weighted by molar-refractivity contribution is -0.268.